The zero-order chi connectivity index (χ0) is 13.3. The van der Waals surface area contributed by atoms with E-state index in [1.165, 1.54) is 12.1 Å². The fourth-order valence-electron chi connectivity index (χ4n) is 1.59. The zero-order valence-electron chi connectivity index (χ0n) is 10.1. The first-order valence-electron chi connectivity index (χ1n) is 5.52. The molecule has 1 aliphatic heterocycles. The van der Waals surface area contributed by atoms with Gasteiger partial charge in [-0.3, -0.25) is 4.99 Å². The van der Waals surface area contributed by atoms with Gasteiger partial charge < -0.3 is 5.32 Å². The molecule has 0 fully saturated rings. The second kappa shape index (κ2) is 5.39. The number of anilines is 1. The van der Waals surface area contributed by atoms with Crippen LogP contribution in [0.25, 0.3) is 0 Å². The first-order valence-corrected chi connectivity index (χ1v) is 7.67. The van der Waals surface area contributed by atoms with Crippen molar-refractivity contribution in [2.45, 2.75) is 25.8 Å². The van der Waals surface area contributed by atoms with Crippen LogP contribution in [0.4, 0.5) is 10.1 Å². The molecule has 2 nitrogen and oxygen atoms in total. The first kappa shape index (κ1) is 14.2. The minimum absolute atomic E-state index is 0.0629. The number of nitrogens with one attached hydrogen (secondary N) is 1. The number of nitrogens with zero attached hydrogens (tertiary/aromatic N) is 1. The highest BCUT2D eigenvalue weighted by atomic mass is 79.9. The summed E-state index contributed by atoms with van der Waals surface area (Å²) < 4.78 is 13.7. The summed E-state index contributed by atoms with van der Waals surface area (Å²) in [5.74, 6) is 0.644. The average Bonchev–Trinajstić information content (AvgIpc) is 2.22. The monoisotopic (exact) mass is 350 g/mol. The molecular weight excluding hydrogens is 339 g/mol. The Kier molecular flexibility index (Phi) is 4.24. The Morgan fingerprint density at radius 3 is 2.83 bits per heavy atom. The van der Waals surface area contributed by atoms with E-state index in [4.69, 9.17) is 11.6 Å². The van der Waals surface area contributed by atoms with E-state index in [9.17, 15) is 4.39 Å². The van der Waals surface area contributed by atoms with Crippen LogP contribution < -0.4 is 5.32 Å². The summed E-state index contributed by atoms with van der Waals surface area (Å²) >= 11 is 11.0. The van der Waals surface area contributed by atoms with Crippen LogP contribution in [0.3, 0.4) is 0 Å². The number of halogens is 3. The van der Waals surface area contributed by atoms with Crippen LogP contribution in [-0.4, -0.2) is 16.5 Å². The molecule has 0 atom stereocenters. The molecule has 1 heterocycles. The summed E-state index contributed by atoms with van der Waals surface area (Å²) in [6.45, 7) is 4.19. The molecule has 0 radical (unpaired) electrons. The summed E-state index contributed by atoms with van der Waals surface area (Å²) in [6, 6.07) is 2.67. The van der Waals surface area contributed by atoms with Gasteiger partial charge in [0.2, 0.25) is 0 Å². The Morgan fingerprint density at radius 2 is 2.22 bits per heavy atom. The van der Waals surface area contributed by atoms with Gasteiger partial charge in [0.05, 0.1) is 16.2 Å². The zero-order valence-corrected chi connectivity index (χ0v) is 13.2. The summed E-state index contributed by atoms with van der Waals surface area (Å²) in [4.78, 5) is 4.61. The van der Waals surface area contributed by atoms with Crippen molar-refractivity contribution >= 4 is 50.1 Å². The fraction of sp³-hybridized carbons (Fsp3) is 0.417. The van der Waals surface area contributed by atoms with Crippen molar-refractivity contribution in [3.05, 3.63) is 27.4 Å². The molecule has 0 amide bonds. The maximum Gasteiger partial charge on any atom is 0.161 e. The molecule has 18 heavy (non-hydrogen) atoms. The van der Waals surface area contributed by atoms with E-state index in [1.54, 1.807) is 11.8 Å². The van der Waals surface area contributed by atoms with Gasteiger partial charge in [-0.15, -0.1) is 0 Å². The third-order valence-corrected chi connectivity index (χ3v) is 4.39. The molecule has 1 aliphatic rings. The highest BCUT2D eigenvalue weighted by Gasteiger charge is 2.23. The van der Waals surface area contributed by atoms with Crippen molar-refractivity contribution in [3.63, 3.8) is 0 Å². The highest BCUT2D eigenvalue weighted by molar-refractivity contribution is 9.10. The summed E-state index contributed by atoms with van der Waals surface area (Å²) in [5.41, 5.74) is 0.592. The second-order valence-corrected chi connectivity index (χ2v) is 7.04. The van der Waals surface area contributed by atoms with Crippen molar-refractivity contribution in [2.24, 2.45) is 4.99 Å². The predicted molar refractivity (Wildman–Crippen MR) is 81.3 cm³/mol. The summed E-state index contributed by atoms with van der Waals surface area (Å²) in [5, 5.41) is 4.33. The first-order chi connectivity index (χ1) is 8.37. The Labute approximate surface area is 124 Å². The molecule has 0 aliphatic carbocycles. The van der Waals surface area contributed by atoms with Gasteiger partial charge in [0, 0.05) is 10.2 Å². The molecule has 98 valence electrons. The van der Waals surface area contributed by atoms with Gasteiger partial charge >= 0.3 is 0 Å². The second-order valence-electron chi connectivity index (χ2n) is 4.70. The van der Waals surface area contributed by atoms with Crippen molar-refractivity contribution in [1.29, 1.82) is 0 Å². The van der Waals surface area contributed by atoms with Crippen LogP contribution in [0, 0.1) is 5.82 Å². The number of amidine groups is 1. The van der Waals surface area contributed by atoms with E-state index in [-0.39, 0.29) is 11.4 Å². The van der Waals surface area contributed by atoms with Gasteiger partial charge in [0.25, 0.3) is 0 Å². The third-order valence-electron chi connectivity index (χ3n) is 2.60. The number of benzene rings is 1. The Morgan fingerprint density at radius 1 is 1.50 bits per heavy atom. The van der Waals surface area contributed by atoms with Gasteiger partial charge in [0.15, 0.2) is 5.17 Å². The van der Waals surface area contributed by atoms with Gasteiger partial charge in [-0.2, -0.15) is 0 Å². The number of aliphatic imine (C=N–C) groups is 1. The van der Waals surface area contributed by atoms with Gasteiger partial charge in [-0.05, 0) is 48.3 Å². The minimum Gasteiger partial charge on any atom is -0.333 e. The minimum atomic E-state index is -0.365. The quantitative estimate of drug-likeness (QED) is 0.776. The number of hydrogen-bond acceptors (Lipinski definition) is 3. The molecule has 0 aromatic heterocycles. The Hall–Kier alpha value is -0.260. The number of rotatable bonds is 1. The number of hydrogen-bond donors (Lipinski definition) is 1. The SMILES string of the molecule is CC1(C)CCSC(Nc2c(Cl)cc(F)cc2Br)=N1. The lowest BCUT2D eigenvalue weighted by Crippen LogP contribution is -2.27. The largest absolute Gasteiger partial charge is 0.333 e. The van der Waals surface area contributed by atoms with Crippen molar-refractivity contribution in [3.8, 4) is 0 Å². The van der Waals surface area contributed by atoms with Gasteiger partial charge in [-0.1, -0.05) is 23.4 Å². The smallest absolute Gasteiger partial charge is 0.161 e. The topological polar surface area (TPSA) is 24.4 Å². The van der Waals surface area contributed by atoms with E-state index in [0.717, 1.165) is 17.3 Å². The molecule has 1 N–H and O–H groups in total. The third kappa shape index (κ3) is 3.39. The van der Waals surface area contributed by atoms with Crippen molar-refractivity contribution < 1.29 is 4.39 Å². The van der Waals surface area contributed by atoms with Crippen LogP contribution in [0.15, 0.2) is 21.6 Å². The van der Waals surface area contributed by atoms with Crippen LogP contribution in [0.5, 0.6) is 0 Å². The predicted octanol–water partition coefficient (Wildman–Crippen LogP) is 4.93. The van der Waals surface area contributed by atoms with Crippen LogP contribution in [0.1, 0.15) is 20.3 Å². The lowest BCUT2D eigenvalue weighted by molar-refractivity contribution is 0.507. The molecule has 0 unspecified atom stereocenters. The van der Waals surface area contributed by atoms with Crippen LogP contribution in [0.2, 0.25) is 5.02 Å². The maximum atomic E-state index is 13.1. The summed E-state index contributed by atoms with van der Waals surface area (Å²) in [6.07, 6.45) is 1.04. The molecule has 1 aromatic rings. The Bertz CT molecular complexity index is 482. The molecule has 2 rings (SSSR count). The van der Waals surface area contributed by atoms with E-state index >= 15 is 0 Å². The normalized spacial score (nSPS) is 18.4. The standard InChI is InChI=1S/C12H13BrClFN2S/c1-12(2)3-4-18-11(17-12)16-10-8(13)5-7(15)6-9(10)14/h5-6H,3-4H2,1-2H3,(H,16,17). The fourth-order valence-corrected chi connectivity index (χ4v) is 3.77. The molecule has 1 aromatic carbocycles. The molecule has 6 heteroatoms. The van der Waals surface area contributed by atoms with Crippen LogP contribution >= 0.6 is 39.3 Å². The molecule has 0 saturated heterocycles. The van der Waals surface area contributed by atoms with E-state index < -0.39 is 0 Å². The lowest BCUT2D eigenvalue weighted by atomic mass is 10.0. The molecule has 0 bridgehead atoms. The van der Waals surface area contributed by atoms with Gasteiger partial charge in [0.1, 0.15) is 5.82 Å². The molecule has 0 saturated carbocycles. The van der Waals surface area contributed by atoms with Crippen LogP contribution in [-0.2, 0) is 0 Å². The van der Waals surface area contributed by atoms with Gasteiger partial charge in [-0.25, -0.2) is 4.39 Å². The summed E-state index contributed by atoms with van der Waals surface area (Å²) in [7, 11) is 0. The van der Waals surface area contributed by atoms with E-state index in [2.05, 4.69) is 40.1 Å². The molecular formula is C12H13BrClFN2S. The maximum absolute atomic E-state index is 13.1. The highest BCUT2D eigenvalue weighted by Crippen LogP contribution is 2.34. The lowest BCUT2D eigenvalue weighted by Gasteiger charge is -2.26. The van der Waals surface area contributed by atoms with Crippen molar-refractivity contribution in [2.75, 3.05) is 11.1 Å². The Balaban J connectivity index is 2.27. The molecule has 0 spiro atoms. The van der Waals surface area contributed by atoms with E-state index in [0.29, 0.717) is 15.2 Å². The van der Waals surface area contributed by atoms with Crippen molar-refractivity contribution in [1.82, 2.24) is 0 Å². The number of thioether (sulfide) groups is 1. The average molecular weight is 352 g/mol. The van der Waals surface area contributed by atoms with E-state index in [1.807, 2.05) is 0 Å².